The van der Waals surface area contributed by atoms with Crippen molar-refractivity contribution in [3.8, 4) is 124 Å². The van der Waals surface area contributed by atoms with E-state index in [0.717, 1.165) is 171 Å². The van der Waals surface area contributed by atoms with E-state index in [4.69, 9.17) is 43.2 Å². The van der Waals surface area contributed by atoms with Crippen LogP contribution in [0.2, 0.25) is 0 Å². The lowest BCUT2D eigenvalue weighted by Gasteiger charge is -2.11. The lowest BCUT2D eigenvalue weighted by atomic mass is 9.96. The van der Waals surface area contributed by atoms with E-state index in [1.165, 1.54) is 33.4 Å². The number of rotatable bonds is 11. The molecule has 0 fully saturated rings. The first-order chi connectivity index (χ1) is 58.0. The summed E-state index contributed by atoms with van der Waals surface area (Å²) >= 11 is 0. The molecule has 9 nitrogen and oxygen atoms in total. The highest BCUT2D eigenvalue weighted by Gasteiger charge is 2.23. The Morgan fingerprint density at radius 3 is 0.838 bits per heavy atom. The third kappa shape index (κ3) is 13.2. The molecule has 0 amide bonds. The van der Waals surface area contributed by atoms with E-state index in [0.29, 0.717) is 17.5 Å². The van der Waals surface area contributed by atoms with Crippen LogP contribution in [-0.2, 0) is 0 Å². The summed E-state index contributed by atoms with van der Waals surface area (Å²) in [6, 6.07) is 142. The highest BCUT2D eigenvalue weighted by molar-refractivity contribution is 6.19. The lowest BCUT2D eigenvalue weighted by Crippen LogP contribution is -1.96. The maximum absolute atomic E-state index is 6.44. The molecule has 0 bridgehead atoms. The van der Waals surface area contributed by atoms with Crippen LogP contribution in [0.1, 0.15) is 0 Å². The average Bonchev–Trinajstić information content (AvgIpc) is 1.63. The summed E-state index contributed by atoms with van der Waals surface area (Å²) in [4.78, 5) is 30.5. The lowest BCUT2D eigenvalue weighted by molar-refractivity contribution is 0.671. The van der Waals surface area contributed by atoms with Gasteiger partial charge in [0, 0.05) is 76.5 Å². The van der Waals surface area contributed by atoms with Crippen LogP contribution in [0.5, 0.6) is 0 Å². The third-order valence-electron chi connectivity index (χ3n) is 21.9. The van der Waals surface area contributed by atoms with Crippen LogP contribution < -0.4 is 0 Å². The summed E-state index contributed by atoms with van der Waals surface area (Å²) < 4.78 is 19.1. The maximum atomic E-state index is 6.44. The van der Waals surface area contributed by atoms with Gasteiger partial charge in [0.25, 0.3) is 0 Å². The topological polar surface area (TPSA) is 117 Å². The molecule has 6 aromatic heterocycles. The Kier molecular flexibility index (Phi) is 17.7. The first kappa shape index (κ1) is 69.1. The van der Waals surface area contributed by atoms with Crippen molar-refractivity contribution in [3.05, 3.63) is 413 Å². The van der Waals surface area contributed by atoms with Crippen LogP contribution in [0, 0.1) is 0 Å². The molecule has 0 saturated carbocycles. The molecule has 0 radical (unpaired) electrons. The van der Waals surface area contributed by atoms with Gasteiger partial charge in [0.2, 0.25) is 0 Å². The van der Waals surface area contributed by atoms with Gasteiger partial charge in [0.15, 0.2) is 28.6 Å². The summed E-state index contributed by atoms with van der Waals surface area (Å²) in [5.41, 5.74) is 27.9. The van der Waals surface area contributed by atoms with E-state index in [1.807, 2.05) is 152 Å². The van der Waals surface area contributed by atoms with Crippen molar-refractivity contribution in [1.29, 1.82) is 0 Å². The zero-order valence-electron chi connectivity index (χ0n) is 63.2. The van der Waals surface area contributed by atoms with E-state index >= 15 is 0 Å². The van der Waals surface area contributed by atoms with Crippen LogP contribution in [0.15, 0.2) is 426 Å². The van der Waals surface area contributed by atoms with E-state index in [1.54, 1.807) is 0 Å². The predicted molar refractivity (Wildman–Crippen MR) is 480 cm³/mol. The molecule has 0 spiro atoms. The Labute approximate surface area is 673 Å². The largest absolute Gasteiger partial charge is 0.455 e. The Morgan fingerprint density at radius 2 is 0.419 bits per heavy atom. The van der Waals surface area contributed by atoms with Gasteiger partial charge in [-0.05, 0) is 134 Å². The Morgan fingerprint density at radius 1 is 0.154 bits per heavy atom. The average molecular weight is 1500 g/mol. The molecule has 0 N–H and O–H groups in total. The van der Waals surface area contributed by atoms with Crippen molar-refractivity contribution in [1.82, 2.24) is 29.9 Å². The minimum absolute atomic E-state index is 0.666. The SMILES string of the molecule is c1ccc(-c2ccc(-c3cccc(-c4cccc(-c5nc(-c6ccccc6)c6ccc7c8ccccc8oc7c6n5)c4)c3)cc2)cc1.c1ccc(-c2cccc(-c3cccc(-c4nc(-c5ccccc5)c5ccc6c7ccccc7oc6c5n4)c3)c2)cc1.c1ccc(-c2nc(-c3ccccc3)c3c(ccc4c5ccccc5oc43)n2)cc1. The molecule has 117 heavy (non-hydrogen) atoms. The zero-order chi connectivity index (χ0) is 77.5. The molecule has 0 atom stereocenters. The van der Waals surface area contributed by atoms with Gasteiger partial charge in [0.1, 0.15) is 33.4 Å². The van der Waals surface area contributed by atoms with Gasteiger partial charge >= 0.3 is 0 Å². The highest BCUT2D eigenvalue weighted by Crippen LogP contribution is 2.44. The number of fused-ring (bicyclic) bond motifs is 15. The normalized spacial score (nSPS) is 11.4. The summed E-state index contributed by atoms with van der Waals surface area (Å²) in [6.45, 7) is 0. The van der Waals surface area contributed by atoms with Crippen LogP contribution in [0.3, 0.4) is 0 Å². The number of hydrogen-bond donors (Lipinski definition) is 0. The molecule has 0 saturated heterocycles. The smallest absolute Gasteiger partial charge is 0.161 e. The molecule has 0 aliphatic heterocycles. The van der Waals surface area contributed by atoms with E-state index in [-0.39, 0.29) is 0 Å². The number of hydrogen-bond acceptors (Lipinski definition) is 9. The number of benzene rings is 17. The molecule has 0 aliphatic carbocycles. The molecule has 23 rings (SSSR count). The van der Waals surface area contributed by atoms with Gasteiger partial charge in [-0.3, -0.25) is 0 Å². The Balaban J connectivity index is 0.000000112. The van der Waals surface area contributed by atoms with E-state index < -0.39 is 0 Å². The summed E-state index contributed by atoms with van der Waals surface area (Å²) in [5, 5.41) is 9.37. The van der Waals surface area contributed by atoms with Crippen molar-refractivity contribution in [3.63, 3.8) is 0 Å². The minimum atomic E-state index is 0.666. The van der Waals surface area contributed by atoms with Crippen LogP contribution >= 0.6 is 0 Å². The summed E-state index contributed by atoms with van der Waals surface area (Å²) in [5.74, 6) is 2.05. The van der Waals surface area contributed by atoms with Crippen molar-refractivity contribution >= 4 is 98.5 Å². The first-order valence-corrected chi connectivity index (χ1v) is 39.2. The molecule has 17 aromatic carbocycles. The quantitative estimate of drug-likeness (QED) is 0.125. The fourth-order valence-corrected chi connectivity index (χ4v) is 16.1. The Bertz CT molecular complexity index is 7660. The van der Waals surface area contributed by atoms with Gasteiger partial charge in [-0.15, -0.1) is 0 Å². The van der Waals surface area contributed by atoms with Gasteiger partial charge in [-0.1, -0.05) is 334 Å². The minimum Gasteiger partial charge on any atom is -0.455 e. The number of furan rings is 3. The molecule has 23 aromatic rings. The van der Waals surface area contributed by atoms with Gasteiger partial charge < -0.3 is 13.3 Å². The van der Waals surface area contributed by atoms with Gasteiger partial charge in [0.05, 0.1) is 28.0 Å². The number of nitrogens with zero attached hydrogens (tertiary/aromatic N) is 6. The Hall–Kier alpha value is -15.8. The number of para-hydroxylation sites is 3. The molecule has 6 heterocycles. The molecule has 0 unspecified atom stereocenters. The predicted octanol–water partition coefficient (Wildman–Crippen LogP) is 28.9. The zero-order valence-corrected chi connectivity index (χ0v) is 63.2. The molecule has 9 heteroatoms. The summed E-state index contributed by atoms with van der Waals surface area (Å²) in [7, 11) is 0. The third-order valence-corrected chi connectivity index (χ3v) is 21.9. The molecule has 548 valence electrons. The fourth-order valence-electron chi connectivity index (χ4n) is 16.1. The van der Waals surface area contributed by atoms with E-state index in [2.05, 4.69) is 261 Å². The molecule has 0 aliphatic rings. The second-order valence-electron chi connectivity index (χ2n) is 29.1. The molecular formula is C108H68N6O3. The van der Waals surface area contributed by atoms with Gasteiger partial charge in [-0.2, -0.15) is 0 Å². The monoisotopic (exact) mass is 1500 g/mol. The maximum Gasteiger partial charge on any atom is 0.161 e. The van der Waals surface area contributed by atoms with Crippen molar-refractivity contribution in [2.45, 2.75) is 0 Å². The van der Waals surface area contributed by atoms with Crippen LogP contribution in [0.25, 0.3) is 222 Å². The first-order valence-electron chi connectivity index (χ1n) is 39.2. The molecular weight excluding hydrogens is 1430 g/mol. The second kappa shape index (κ2) is 30.0. The van der Waals surface area contributed by atoms with Crippen LogP contribution in [0.4, 0.5) is 0 Å². The van der Waals surface area contributed by atoms with Crippen molar-refractivity contribution in [2.75, 3.05) is 0 Å². The van der Waals surface area contributed by atoms with Crippen LogP contribution in [-0.4, -0.2) is 29.9 Å². The highest BCUT2D eigenvalue weighted by atomic mass is 16.3. The summed E-state index contributed by atoms with van der Waals surface area (Å²) in [6.07, 6.45) is 0. The fraction of sp³-hybridized carbons (Fsp3) is 0. The van der Waals surface area contributed by atoms with E-state index in [9.17, 15) is 0 Å². The number of aromatic nitrogens is 6. The van der Waals surface area contributed by atoms with Crippen molar-refractivity contribution in [2.24, 2.45) is 0 Å². The van der Waals surface area contributed by atoms with Crippen molar-refractivity contribution < 1.29 is 13.3 Å². The second-order valence-corrected chi connectivity index (χ2v) is 29.1. The standard InChI is InChI=1S/C44H28N2O.C38H24N2O.C26H16N2O/c1-3-11-29(12-4-1)30-21-23-31(24-22-30)33-15-9-16-34(27-33)35-17-10-18-36(28-35)44-45-41(32-13-5-2-6-14-32)39-26-25-38-37-19-7-8-20-40(37)47-43(38)42(39)46-44;1-3-11-25(12-4-1)27-15-9-16-28(23-27)29-17-10-18-30(24-29)38-39-35(26-13-5-2-6-14-26)33-22-21-32-31-19-7-8-20-34(31)41-37(32)36(33)40-38;1-3-9-17(10-4-1)24-23-21(27-26(28-24)18-11-5-2-6-12-18)16-15-20-19-13-7-8-14-22(19)29-25(20)23/h1-28H;1-24H;1-16H. The van der Waals surface area contributed by atoms with Gasteiger partial charge in [-0.25, -0.2) is 29.9 Å².